The van der Waals surface area contributed by atoms with Gasteiger partial charge in [0.2, 0.25) is 5.91 Å². The van der Waals surface area contributed by atoms with Crippen LogP contribution >= 0.6 is 11.3 Å². The largest absolute Gasteiger partial charge is 0.356 e. The van der Waals surface area contributed by atoms with Gasteiger partial charge in [-0.05, 0) is 18.4 Å². The number of carbonyl (C=O) groups excluding carboxylic acids is 1. The van der Waals surface area contributed by atoms with Gasteiger partial charge in [-0.2, -0.15) is 0 Å². The second kappa shape index (κ2) is 8.18. The van der Waals surface area contributed by atoms with E-state index >= 15 is 0 Å². The quantitative estimate of drug-likeness (QED) is 0.522. The molecule has 4 aromatic rings. The number of aromatic nitrogens is 2. The third kappa shape index (κ3) is 4.26. The molecule has 5 heteroatoms. The number of rotatable bonds is 7. The van der Waals surface area contributed by atoms with Crippen molar-refractivity contribution in [2.24, 2.45) is 0 Å². The van der Waals surface area contributed by atoms with Gasteiger partial charge in [-0.1, -0.05) is 60.7 Å². The van der Waals surface area contributed by atoms with E-state index in [2.05, 4.69) is 45.6 Å². The molecule has 1 amide bonds. The minimum atomic E-state index is 0.0914. The first-order valence-corrected chi connectivity index (χ1v) is 9.99. The second-order valence-corrected chi connectivity index (χ2v) is 7.29. The van der Waals surface area contributed by atoms with Crippen molar-refractivity contribution in [2.45, 2.75) is 19.3 Å². The molecule has 27 heavy (non-hydrogen) atoms. The smallest absolute Gasteiger partial charge is 0.220 e. The topological polar surface area (TPSA) is 46.4 Å². The summed E-state index contributed by atoms with van der Waals surface area (Å²) in [7, 11) is 0. The summed E-state index contributed by atoms with van der Waals surface area (Å²) in [5.41, 5.74) is 4.45. The Hall–Kier alpha value is -2.92. The summed E-state index contributed by atoms with van der Waals surface area (Å²) in [5, 5.41) is 5.10. The Bertz CT molecular complexity index is 1020. The Kier molecular flexibility index (Phi) is 5.30. The lowest BCUT2D eigenvalue weighted by molar-refractivity contribution is -0.121. The monoisotopic (exact) mass is 375 g/mol. The minimum absolute atomic E-state index is 0.0914. The number of nitrogens with one attached hydrogen (secondary N) is 1. The fourth-order valence-corrected chi connectivity index (χ4v) is 3.99. The van der Waals surface area contributed by atoms with Crippen molar-refractivity contribution in [3.8, 4) is 11.3 Å². The molecule has 2 aromatic heterocycles. The number of imidazole rings is 1. The molecule has 4 nitrogen and oxygen atoms in total. The van der Waals surface area contributed by atoms with Gasteiger partial charge in [0, 0.05) is 35.8 Å². The van der Waals surface area contributed by atoms with E-state index in [9.17, 15) is 4.79 Å². The van der Waals surface area contributed by atoms with Crippen molar-refractivity contribution in [3.05, 3.63) is 83.5 Å². The first-order chi connectivity index (χ1) is 13.3. The van der Waals surface area contributed by atoms with Gasteiger partial charge < -0.3 is 5.32 Å². The van der Waals surface area contributed by atoms with Crippen LogP contribution in [0.4, 0.5) is 0 Å². The lowest BCUT2D eigenvalue weighted by Gasteiger charge is -2.05. The Labute approximate surface area is 162 Å². The van der Waals surface area contributed by atoms with Gasteiger partial charge in [0.15, 0.2) is 4.96 Å². The third-order valence-corrected chi connectivity index (χ3v) is 5.43. The van der Waals surface area contributed by atoms with Crippen LogP contribution in [0.3, 0.4) is 0 Å². The molecule has 0 radical (unpaired) electrons. The SMILES string of the molecule is O=C(CCc1csc2nc(-c3ccccc3)cn12)NCCc1ccccc1. The van der Waals surface area contributed by atoms with Crippen LogP contribution in [0.5, 0.6) is 0 Å². The molecule has 0 bridgehead atoms. The van der Waals surface area contributed by atoms with Gasteiger partial charge in [0.05, 0.1) is 5.69 Å². The molecule has 0 unspecified atom stereocenters. The van der Waals surface area contributed by atoms with E-state index < -0.39 is 0 Å². The summed E-state index contributed by atoms with van der Waals surface area (Å²) in [5.74, 6) is 0.0914. The molecule has 0 saturated carbocycles. The van der Waals surface area contributed by atoms with E-state index in [0.717, 1.165) is 28.3 Å². The number of nitrogens with zero attached hydrogens (tertiary/aromatic N) is 2. The summed E-state index contributed by atoms with van der Waals surface area (Å²) in [6.07, 6.45) is 4.11. The van der Waals surface area contributed by atoms with Gasteiger partial charge in [0.25, 0.3) is 0 Å². The van der Waals surface area contributed by atoms with Gasteiger partial charge in [-0.25, -0.2) is 4.98 Å². The average molecular weight is 375 g/mol. The number of aryl methyl sites for hydroxylation is 1. The van der Waals surface area contributed by atoms with E-state index in [1.807, 2.05) is 36.4 Å². The van der Waals surface area contributed by atoms with Crippen molar-refractivity contribution in [2.75, 3.05) is 6.54 Å². The molecule has 0 aliphatic rings. The van der Waals surface area contributed by atoms with Gasteiger partial charge in [-0.15, -0.1) is 11.3 Å². The Morgan fingerprint density at radius 2 is 1.74 bits per heavy atom. The average Bonchev–Trinajstić information content (AvgIpc) is 3.29. The molecule has 0 fully saturated rings. The van der Waals surface area contributed by atoms with E-state index in [1.165, 1.54) is 5.56 Å². The Balaban J connectivity index is 1.33. The van der Waals surface area contributed by atoms with Crippen LogP contribution < -0.4 is 5.32 Å². The molecule has 0 atom stereocenters. The maximum absolute atomic E-state index is 12.2. The number of amides is 1. The molecular formula is C22H21N3OS. The minimum Gasteiger partial charge on any atom is -0.356 e. The zero-order valence-corrected chi connectivity index (χ0v) is 15.8. The number of carbonyl (C=O) groups is 1. The first kappa shape index (κ1) is 17.5. The highest BCUT2D eigenvalue weighted by Crippen LogP contribution is 2.24. The predicted molar refractivity (Wildman–Crippen MR) is 110 cm³/mol. The van der Waals surface area contributed by atoms with Crippen LogP contribution in [0.15, 0.2) is 72.2 Å². The number of hydrogen-bond acceptors (Lipinski definition) is 3. The maximum atomic E-state index is 12.2. The second-order valence-electron chi connectivity index (χ2n) is 6.46. The van der Waals surface area contributed by atoms with Gasteiger partial charge >= 0.3 is 0 Å². The van der Waals surface area contributed by atoms with Crippen molar-refractivity contribution < 1.29 is 4.79 Å². The highest BCUT2D eigenvalue weighted by atomic mass is 32.1. The number of thiazole rings is 1. The standard InChI is InChI=1S/C22H21N3OS/c26-21(23-14-13-17-7-3-1-4-8-17)12-11-19-16-27-22-24-20(15-25(19)22)18-9-5-2-6-10-18/h1-10,15-16H,11-14H2,(H,23,26). The summed E-state index contributed by atoms with van der Waals surface area (Å²) in [6.45, 7) is 0.672. The maximum Gasteiger partial charge on any atom is 0.220 e. The number of hydrogen-bond donors (Lipinski definition) is 1. The zero-order chi connectivity index (χ0) is 18.5. The lowest BCUT2D eigenvalue weighted by atomic mass is 10.1. The fourth-order valence-electron chi connectivity index (χ4n) is 3.08. The molecule has 4 rings (SSSR count). The highest BCUT2D eigenvalue weighted by molar-refractivity contribution is 7.15. The van der Waals surface area contributed by atoms with Crippen LogP contribution in [0.25, 0.3) is 16.2 Å². The van der Waals surface area contributed by atoms with E-state index in [-0.39, 0.29) is 5.91 Å². The number of fused-ring (bicyclic) bond motifs is 1. The van der Waals surface area contributed by atoms with Crippen LogP contribution in [0, 0.1) is 0 Å². The van der Waals surface area contributed by atoms with Crippen molar-refractivity contribution in [1.29, 1.82) is 0 Å². The van der Waals surface area contributed by atoms with E-state index in [4.69, 9.17) is 4.98 Å². The summed E-state index contributed by atoms with van der Waals surface area (Å²) >= 11 is 1.62. The summed E-state index contributed by atoms with van der Waals surface area (Å²) in [4.78, 5) is 17.8. The molecule has 0 saturated heterocycles. The molecule has 136 valence electrons. The normalized spacial score (nSPS) is 11.0. The number of benzene rings is 2. The highest BCUT2D eigenvalue weighted by Gasteiger charge is 2.11. The lowest BCUT2D eigenvalue weighted by Crippen LogP contribution is -2.25. The molecule has 1 N–H and O–H groups in total. The van der Waals surface area contributed by atoms with Crippen LogP contribution in [-0.2, 0) is 17.6 Å². The first-order valence-electron chi connectivity index (χ1n) is 9.11. The fraction of sp³-hybridized carbons (Fsp3) is 0.182. The van der Waals surface area contributed by atoms with Crippen LogP contribution in [0.1, 0.15) is 17.7 Å². The van der Waals surface area contributed by atoms with Gasteiger partial charge in [-0.3, -0.25) is 9.20 Å². The van der Waals surface area contributed by atoms with Gasteiger partial charge in [0.1, 0.15) is 0 Å². The van der Waals surface area contributed by atoms with Crippen molar-refractivity contribution in [1.82, 2.24) is 14.7 Å². The summed E-state index contributed by atoms with van der Waals surface area (Å²) < 4.78 is 2.10. The van der Waals surface area contributed by atoms with E-state index in [1.54, 1.807) is 11.3 Å². The van der Waals surface area contributed by atoms with Crippen molar-refractivity contribution in [3.63, 3.8) is 0 Å². The Morgan fingerprint density at radius 1 is 1.00 bits per heavy atom. The zero-order valence-electron chi connectivity index (χ0n) is 15.0. The molecule has 0 aliphatic heterocycles. The van der Waals surface area contributed by atoms with Crippen molar-refractivity contribution >= 4 is 22.2 Å². The molecular weight excluding hydrogens is 354 g/mol. The molecule has 0 aliphatic carbocycles. The van der Waals surface area contributed by atoms with Crippen LogP contribution in [-0.4, -0.2) is 21.8 Å². The summed E-state index contributed by atoms with van der Waals surface area (Å²) in [6, 6.07) is 20.4. The Morgan fingerprint density at radius 3 is 2.52 bits per heavy atom. The molecule has 0 spiro atoms. The molecule has 2 aromatic carbocycles. The van der Waals surface area contributed by atoms with E-state index in [0.29, 0.717) is 19.4 Å². The third-order valence-electron chi connectivity index (χ3n) is 4.54. The van der Waals surface area contributed by atoms with Crippen LogP contribution in [0.2, 0.25) is 0 Å². The predicted octanol–water partition coefficient (Wildman–Crippen LogP) is 4.35. The molecule has 2 heterocycles.